The van der Waals surface area contributed by atoms with Gasteiger partial charge in [-0.25, -0.2) is 12.7 Å². The molecule has 0 aliphatic rings. The topological polar surface area (TPSA) is 86.7 Å². The van der Waals surface area contributed by atoms with Crippen LogP contribution in [0.15, 0.2) is 29.2 Å². The number of benzene rings is 1. The summed E-state index contributed by atoms with van der Waals surface area (Å²) < 4.78 is 29.3. The van der Waals surface area contributed by atoms with Crippen molar-refractivity contribution in [2.75, 3.05) is 20.7 Å². The molecule has 0 aliphatic heterocycles. The van der Waals surface area contributed by atoms with Gasteiger partial charge in [0.25, 0.3) is 0 Å². The molecule has 6 nitrogen and oxygen atoms in total. The first-order valence-corrected chi connectivity index (χ1v) is 6.13. The standard InChI is InChI=1S/C10H13NO5S/c1-11(2)17(14,15)9-5-3-8(4-6-9)16-7-10(12)13/h3-6H,7H2,1-2H3,(H,12,13)/p-1. The second-order valence-electron chi connectivity index (χ2n) is 3.42. The van der Waals surface area contributed by atoms with Crippen LogP contribution < -0.4 is 9.84 Å². The van der Waals surface area contributed by atoms with Gasteiger partial charge in [0.2, 0.25) is 10.0 Å². The second-order valence-corrected chi connectivity index (χ2v) is 5.57. The Morgan fingerprint density at radius 3 is 2.24 bits per heavy atom. The number of carboxylic acid groups (broad SMARTS) is 1. The molecule has 0 atom stereocenters. The Labute approximate surface area is 99.5 Å². The summed E-state index contributed by atoms with van der Waals surface area (Å²) in [5, 5.41) is 10.1. The van der Waals surface area contributed by atoms with Crippen molar-refractivity contribution in [2.45, 2.75) is 4.90 Å². The average Bonchev–Trinajstić information content (AvgIpc) is 2.26. The SMILES string of the molecule is CN(C)S(=O)(=O)c1ccc(OCC(=O)[O-])cc1. The summed E-state index contributed by atoms with van der Waals surface area (Å²) in [6.45, 7) is -0.570. The minimum atomic E-state index is -3.48. The fourth-order valence-corrected chi connectivity index (χ4v) is 1.96. The number of nitrogens with zero attached hydrogens (tertiary/aromatic N) is 1. The minimum absolute atomic E-state index is 0.114. The number of sulfonamides is 1. The van der Waals surface area contributed by atoms with Crippen LogP contribution in [-0.2, 0) is 14.8 Å². The van der Waals surface area contributed by atoms with Crippen molar-refractivity contribution in [3.05, 3.63) is 24.3 Å². The van der Waals surface area contributed by atoms with Crippen molar-refractivity contribution in [2.24, 2.45) is 0 Å². The number of hydrogen-bond acceptors (Lipinski definition) is 5. The zero-order valence-electron chi connectivity index (χ0n) is 9.41. The van der Waals surface area contributed by atoms with Gasteiger partial charge in [-0.05, 0) is 24.3 Å². The van der Waals surface area contributed by atoms with E-state index in [1.807, 2.05) is 0 Å². The third kappa shape index (κ3) is 3.43. The maximum Gasteiger partial charge on any atom is 0.242 e. The molecule has 0 heterocycles. The van der Waals surface area contributed by atoms with E-state index in [2.05, 4.69) is 0 Å². The van der Waals surface area contributed by atoms with Gasteiger partial charge in [-0.3, -0.25) is 0 Å². The summed E-state index contributed by atoms with van der Waals surface area (Å²) in [6, 6.07) is 5.47. The predicted octanol–water partition coefficient (Wildman–Crippen LogP) is -0.934. The molecular formula is C10H12NO5S-. The predicted molar refractivity (Wildman–Crippen MR) is 57.8 cm³/mol. The minimum Gasteiger partial charge on any atom is -0.546 e. The van der Waals surface area contributed by atoms with Crippen LogP contribution in [0.1, 0.15) is 0 Å². The Balaban J connectivity index is 2.85. The van der Waals surface area contributed by atoms with Gasteiger partial charge in [-0.15, -0.1) is 0 Å². The Morgan fingerprint density at radius 2 is 1.82 bits per heavy atom. The van der Waals surface area contributed by atoms with E-state index in [0.29, 0.717) is 0 Å². The third-order valence-electron chi connectivity index (χ3n) is 1.96. The lowest BCUT2D eigenvalue weighted by Gasteiger charge is -2.12. The zero-order valence-corrected chi connectivity index (χ0v) is 10.2. The molecule has 0 saturated heterocycles. The molecule has 0 saturated carbocycles. The van der Waals surface area contributed by atoms with E-state index in [-0.39, 0.29) is 10.6 Å². The Morgan fingerprint density at radius 1 is 1.29 bits per heavy atom. The molecule has 1 aromatic carbocycles. The molecule has 0 amide bonds. The van der Waals surface area contributed by atoms with Gasteiger partial charge in [0.1, 0.15) is 12.4 Å². The highest BCUT2D eigenvalue weighted by Crippen LogP contribution is 2.17. The molecule has 0 unspecified atom stereocenters. The van der Waals surface area contributed by atoms with E-state index >= 15 is 0 Å². The van der Waals surface area contributed by atoms with Crippen molar-refractivity contribution in [1.82, 2.24) is 4.31 Å². The lowest BCUT2D eigenvalue weighted by atomic mass is 10.3. The average molecular weight is 258 g/mol. The van der Waals surface area contributed by atoms with Crippen LogP contribution in [0, 0.1) is 0 Å². The molecular weight excluding hydrogens is 246 g/mol. The monoisotopic (exact) mass is 258 g/mol. The van der Waals surface area contributed by atoms with Crippen LogP contribution in [0.5, 0.6) is 5.75 Å². The van der Waals surface area contributed by atoms with E-state index in [9.17, 15) is 18.3 Å². The molecule has 1 rings (SSSR count). The normalized spacial score (nSPS) is 11.5. The molecule has 0 aliphatic carbocycles. The van der Waals surface area contributed by atoms with Crippen LogP contribution in [0.4, 0.5) is 0 Å². The quantitative estimate of drug-likeness (QED) is 0.680. The molecule has 94 valence electrons. The van der Waals surface area contributed by atoms with Gasteiger partial charge in [-0.2, -0.15) is 0 Å². The molecule has 0 aromatic heterocycles. The Kier molecular flexibility index (Phi) is 4.08. The maximum absolute atomic E-state index is 11.7. The fourth-order valence-electron chi connectivity index (χ4n) is 1.06. The highest BCUT2D eigenvalue weighted by atomic mass is 32.2. The van der Waals surface area contributed by atoms with Gasteiger partial charge in [0.15, 0.2) is 0 Å². The summed E-state index contributed by atoms with van der Waals surface area (Å²) in [4.78, 5) is 10.3. The first kappa shape index (κ1) is 13.5. The van der Waals surface area contributed by atoms with Crippen LogP contribution in [0.3, 0.4) is 0 Å². The maximum atomic E-state index is 11.7. The highest BCUT2D eigenvalue weighted by Gasteiger charge is 2.16. The van der Waals surface area contributed by atoms with Crippen molar-refractivity contribution >= 4 is 16.0 Å². The highest BCUT2D eigenvalue weighted by molar-refractivity contribution is 7.89. The fraction of sp³-hybridized carbons (Fsp3) is 0.300. The number of carboxylic acids is 1. The van der Waals surface area contributed by atoms with E-state index in [1.54, 1.807) is 0 Å². The number of hydrogen-bond donors (Lipinski definition) is 0. The zero-order chi connectivity index (χ0) is 13.1. The number of ether oxygens (including phenoxy) is 1. The Bertz CT molecular complexity index is 492. The lowest BCUT2D eigenvalue weighted by Crippen LogP contribution is -2.28. The van der Waals surface area contributed by atoms with Crippen LogP contribution in [-0.4, -0.2) is 39.4 Å². The largest absolute Gasteiger partial charge is 0.546 e. The molecule has 0 fully saturated rings. The van der Waals surface area contributed by atoms with E-state index < -0.39 is 22.6 Å². The summed E-state index contributed by atoms with van der Waals surface area (Å²) in [7, 11) is -0.623. The van der Waals surface area contributed by atoms with Crippen LogP contribution >= 0.6 is 0 Å². The van der Waals surface area contributed by atoms with Gasteiger partial charge >= 0.3 is 0 Å². The van der Waals surface area contributed by atoms with Crippen molar-refractivity contribution in [1.29, 1.82) is 0 Å². The molecule has 0 N–H and O–H groups in total. The van der Waals surface area contributed by atoms with E-state index in [0.717, 1.165) is 4.31 Å². The molecule has 17 heavy (non-hydrogen) atoms. The van der Waals surface area contributed by atoms with Crippen molar-refractivity contribution < 1.29 is 23.1 Å². The van der Waals surface area contributed by atoms with Gasteiger partial charge in [0, 0.05) is 14.1 Å². The smallest absolute Gasteiger partial charge is 0.242 e. The van der Waals surface area contributed by atoms with E-state index in [4.69, 9.17) is 4.74 Å². The van der Waals surface area contributed by atoms with Crippen LogP contribution in [0.2, 0.25) is 0 Å². The first-order valence-electron chi connectivity index (χ1n) is 4.69. The van der Waals surface area contributed by atoms with Gasteiger partial charge in [-0.1, -0.05) is 0 Å². The third-order valence-corrected chi connectivity index (χ3v) is 3.79. The summed E-state index contributed by atoms with van der Waals surface area (Å²) in [5.74, 6) is -1.07. The Hall–Kier alpha value is -1.60. The molecule has 0 spiro atoms. The van der Waals surface area contributed by atoms with Crippen molar-refractivity contribution in [3.63, 3.8) is 0 Å². The molecule has 0 radical (unpaired) electrons. The molecule has 1 aromatic rings. The molecule has 7 heteroatoms. The summed E-state index contributed by atoms with van der Waals surface area (Å²) >= 11 is 0. The number of carbonyl (C=O) groups is 1. The second kappa shape index (κ2) is 5.15. The van der Waals surface area contributed by atoms with Gasteiger partial charge in [0.05, 0.1) is 10.9 Å². The summed E-state index contributed by atoms with van der Waals surface area (Å²) in [6.07, 6.45) is 0. The summed E-state index contributed by atoms with van der Waals surface area (Å²) in [5.41, 5.74) is 0. The number of carbonyl (C=O) groups excluding carboxylic acids is 1. The first-order chi connectivity index (χ1) is 7.84. The number of rotatable bonds is 5. The van der Waals surface area contributed by atoms with Crippen LogP contribution in [0.25, 0.3) is 0 Å². The van der Waals surface area contributed by atoms with Crippen molar-refractivity contribution in [3.8, 4) is 5.75 Å². The number of aliphatic carboxylic acids is 1. The molecule has 0 bridgehead atoms. The lowest BCUT2D eigenvalue weighted by molar-refractivity contribution is -0.307. The van der Waals surface area contributed by atoms with E-state index in [1.165, 1.54) is 38.4 Å². The van der Waals surface area contributed by atoms with Gasteiger partial charge < -0.3 is 14.6 Å².